The molecular formula is C18H20FN3O3. The first-order chi connectivity index (χ1) is 12.1. The van der Waals surface area contributed by atoms with Crippen molar-refractivity contribution in [2.45, 2.75) is 38.3 Å². The minimum atomic E-state index is -0.395. The molecule has 25 heavy (non-hydrogen) atoms. The van der Waals surface area contributed by atoms with Crippen LogP contribution >= 0.6 is 0 Å². The average Bonchev–Trinajstić information content (AvgIpc) is 3.24. The number of nitrogens with zero attached hydrogens (tertiary/aromatic N) is 1. The fourth-order valence-electron chi connectivity index (χ4n) is 3.32. The molecule has 2 N–H and O–H groups in total. The quantitative estimate of drug-likeness (QED) is 0.889. The van der Waals surface area contributed by atoms with Gasteiger partial charge >= 0.3 is 6.03 Å². The summed E-state index contributed by atoms with van der Waals surface area (Å²) in [6.45, 7) is 2.41. The van der Waals surface area contributed by atoms with Crippen LogP contribution in [0.3, 0.4) is 0 Å². The van der Waals surface area contributed by atoms with Crippen molar-refractivity contribution in [3.63, 3.8) is 0 Å². The normalized spacial score (nSPS) is 22.8. The van der Waals surface area contributed by atoms with Crippen molar-refractivity contribution >= 4 is 11.8 Å². The molecule has 2 aromatic rings. The third kappa shape index (κ3) is 3.24. The Kier molecular flexibility index (Phi) is 4.17. The molecule has 2 heterocycles. The minimum Gasteiger partial charge on any atom is -0.376 e. The number of nitrogens with one attached hydrogen (secondary N) is 2. The number of halogens is 1. The second kappa shape index (κ2) is 6.48. The van der Waals surface area contributed by atoms with Crippen LogP contribution in [-0.2, 0) is 4.74 Å². The number of benzene rings is 1. The van der Waals surface area contributed by atoms with E-state index in [4.69, 9.17) is 9.26 Å². The smallest absolute Gasteiger partial charge is 0.320 e. The van der Waals surface area contributed by atoms with Gasteiger partial charge in [0.25, 0.3) is 0 Å². The van der Waals surface area contributed by atoms with Gasteiger partial charge in [-0.1, -0.05) is 17.3 Å². The molecule has 1 aliphatic heterocycles. The van der Waals surface area contributed by atoms with Crippen LogP contribution in [-0.4, -0.2) is 29.9 Å². The van der Waals surface area contributed by atoms with Gasteiger partial charge in [-0.3, -0.25) is 5.32 Å². The molecule has 2 atom stereocenters. The largest absolute Gasteiger partial charge is 0.376 e. The number of carbonyl (C=O) groups excluding carboxylic acids is 1. The third-order valence-corrected chi connectivity index (χ3v) is 4.81. The maximum atomic E-state index is 13.9. The van der Waals surface area contributed by atoms with Crippen molar-refractivity contribution in [1.82, 2.24) is 10.5 Å². The Morgan fingerprint density at radius 1 is 1.28 bits per heavy atom. The fourth-order valence-corrected chi connectivity index (χ4v) is 3.32. The van der Waals surface area contributed by atoms with Crippen molar-refractivity contribution in [3.05, 3.63) is 35.6 Å². The topological polar surface area (TPSA) is 76.4 Å². The van der Waals surface area contributed by atoms with Crippen molar-refractivity contribution in [2.75, 3.05) is 11.9 Å². The lowest BCUT2D eigenvalue weighted by Crippen LogP contribution is -2.43. The zero-order valence-electron chi connectivity index (χ0n) is 13.9. The number of amides is 2. The summed E-state index contributed by atoms with van der Waals surface area (Å²) < 4.78 is 24.9. The molecule has 1 saturated heterocycles. The summed E-state index contributed by atoms with van der Waals surface area (Å²) in [5.41, 5.74) is 0.903. The third-order valence-electron chi connectivity index (χ3n) is 4.81. The van der Waals surface area contributed by atoms with Crippen molar-refractivity contribution in [3.8, 4) is 11.3 Å². The van der Waals surface area contributed by atoms with Crippen LogP contribution in [0, 0.1) is 18.7 Å². The number of rotatable bonds is 4. The number of hydrogen-bond acceptors (Lipinski definition) is 4. The minimum absolute atomic E-state index is 0.0192. The first-order valence-corrected chi connectivity index (χ1v) is 8.54. The predicted octanol–water partition coefficient (Wildman–Crippen LogP) is 3.48. The molecule has 0 radical (unpaired) electrons. The summed E-state index contributed by atoms with van der Waals surface area (Å²) in [5.74, 6) is 0.772. The second-order valence-electron chi connectivity index (χ2n) is 6.63. The van der Waals surface area contributed by atoms with E-state index >= 15 is 0 Å². The van der Waals surface area contributed by atoms with Crippen LogP contribution < -0.4 is 10.6 Å². The summed E-state index contributed by atoms with van der Waals surface area (Å²) >= 11 is 0. The van der Waals surface area contributed by atoms with Gasteiger partial charge in [-0.15, -0.1) is 0 Å². The van der Waals surface area contributed by atoms with Gasteiger partial charge in [0.15, 0.2) is 11.6 Å². The number of ether oxygens (including phenoxy) is 1. The Morgan fingerprint density at radius 3 is 2.84 bits per heavy atom. The molecule has 2 amide bonds. The first kappa shape index (κ1) is 16.1. The van der Waals surface area contributed by atoms with Gasteiger partial charge in [0.2, 0.25) is 0 Å². The highest BCUT2D eigenvalue weighted by atomic mass is 19.1. The van der Waals surface area contributed by atoms with Gasteiger partial charge in [-0.05, 0) is 44.2 Å². The summed E-state index contributed by atoms with van der Waals surface area (Å²) in [6, 6.07) is 5.97. The highest BCUT2D eigenvalue weighted by Crippen LogP contribution is 2.38. The molecule has 1 aliphatic carbocycles. The monoisotopic (exact) mass is 345 g/mol. The summed E-state index contributed by atoms with van der Waals surface area (Å²) in [6.07, 6.45) is 3.25. The van der Waals surface area contributed by atoms with Crippen LogP contribution in [0.2, 0.25) is 0 Å². The standard InChI is InChI=1S/C18H20FN3O3/c1-10-15(12-4-2-3-5-13(12)19)25-22-17(10)21-18(23)20-14-8-9-24-16(14)11-6-7-11/h2-5,11,14,16H,6-9H2,1H3,(H2,20,21,22,23)/t14-,16-/m0/s1. The maximum Gasteiger partial charge on any atom is 0.320 e. The number of anilines is 1. The van der Waals surface area contributed by atoms with Crippen LogP contribution in [0.4, 0.5) is 15.0 Å². The van der Waals surface area contributed by atoms with E-state index in [1.165, 1.54) is 18.9 Å². The number of aromatic nitrogens is 1. The summed E-state index contributed by atoms with van der Waals surface area (Å²) in [7, 11) is 0. The lowest BCUT2D eigenvalue weighted by atomic mass is 10.1. The van der Waals surface area contributed by atoms with Gasteiger partial charge in [0.1, 0.15) is 5.82 Å². The van der Waals surface area contributed by atoms with Crippen LogP contribution in [0.1, 0.15) is 24.8 Å². The second-order valence-corrected chi connectivity index (χ2v) is 6.63. The first-order valence-electron chi connectivity index (χ1n) is 8.54. The zero-order chi connectivity index (χ0) is 17.4. The molecule has 7 heteroatoms. The van der Waals surface area contributed by atoms with E-state index in [1.807, 2.05) is 0 Å². The van der Waals surface area contributed by atoms with Gasteiger partial charge in [-0.25, -0.2) is 9.18 Å². The maximum absolute atomic E-state index is 13.9. The van der Waals surface area contributed by atoms with Crippen LogP contribution in [0.15, 0.2) is 28.8 Å². The Balaban J connectivity index is 1.44. The summed E-state index contributed by atoms with van der Waals surface area (Å²) in [4.78, 5) is 12.3. The van der Waals surface area contributed by atoms with Gasteiger partial charge < -0.3 is 14.6 Å². The number of urea groups is 1. The number of hydrogen-bond donors (Lipinski definition) is 2. The highest BCUT2D eigenvalue weighted by molar-refractivity contribution is 5.90. The molecule has 2 aliphatic rings. The molecule has 1 aromatic heterocycles. The molecule has 4 rings (SSSR count). The zero-order valence-corrected chi connectivity index (χ0v) is 13.9. The predicted molar refractivity (Wildman–Crippen MR) is 89.7 cm³/mol. The molecule has 132 valence electrons. The molecule has 0 unspecified atom stereocenters. The van der Waals surface area contributed by atoms with Crippen molar-refractivity contribution in [1.29, 1.82) is 0 Å². The van der Waals surface area contributed by atoms with Crippen molar-refractivity contribution in [2.24, 2.45) is 5.92 Å². The van der Waals surface area contributed by atoms with E-state index in [1.54, 1.807) is 25.1 Å². The Bertz CT molecular complexity index is 788. The lowest BCUT2D eigenvalue weighted by Gasteiger charge is -2.19. The number of carbonyl (C=O) groups is 1. The molecule has 1 saturated carbocycles. The molecule has 6 nitrogen and oxygen atoms in total. The average molecular weight is 345 g/mol. The van der Waals surface area contributed by atoms with E-state index in [2.05, 4.69) is 15.8 Å². The molecule has 2 fully saturated rings. The molecule has 0 bridgehead atoms. The Hall–Kier alpha value is -2.41. The van der Waals surface area contributed by atoms with Gasteiger partial charge in [0, 0.05) is 12.2 Å². The van der Waals surface area contributed by atoms with E-state index in [9.17, 15) is 9.18 Å². The SMILES string of the molecule is Cc1c(NC(=O)N[C@H]2CCO[C@H]2C2CC2)noc1-c1ccccc1F. The van der Waals surface area contributed by atoms with Gasteiger partial charge in [-0.2, -0.15) is 0 Å². The molecule has 0 spiro atoms. The van der Waals surface area contributed by atoms with Crippen LogP contribution in [0.5, 0.6) is 0 Å². The molecule has 1 aromatic carbocycles. The van der Waals surface area contributed by atoms with E-state index < -0.39 is 5.82 Å². The van der Waals surface area contributed by atoms with Crippen LogP contribution in [0.25, 0.3) is 11.3 Å². The Labute approximate surface area is 144 Å². The van der Waals surface area contributed by atoms with E-state index in [0.29, 0.717) is 29.4 Å². The van der Waals surface area contributed by atoms with E-state index in [-0.39, 0.29) is 24.0 Å². The lowest BCUT2D eigenvalue weighted by molar-refractivity contribution is 0.0829. The Morgan fingerprint density at radius 2 is 2.08 bits per heavy atom. The summed E-state index contributed by atoms with van der Waals surface area (Å²) in [5, 5.41) is 9.52. The molecular weight excluding hydrogens is 325 g/mol. The highest BCUT2D eigenvalue weighted by Gasteiger charge is 2.41. The van der Waals surface area contributed by atoms with Crippen molar-refractivity contribution < 1.29 is 18.4 Å². The van der Waals surface area contributed by atoms with E-state index in [0.717, 1.165) is 6.42 Å². The van der Waals surface area contributed by atoms with Gasteiger partial charge in [0.05, 0.1) is 17.7 Å². The fraction of sp³-hybridized carbons (Fsp3) is 0.444.